The fraction of sp³-hybridized carbons (Fsp3) is 0.250. The molecule has 0 unspecified atom stereocenters. The van der Waals surface area contributed by atoms with Gasteiger partial charge >= 0.3 is 12.5 Å². The molecule has 8 nitrogen and oxygen atoms in total. The van der Waals surface area contributed by atoms with Crippen LogP contribution in [-0.2, 0) is 11.3 Å². The lowest BCUT2D eigenvalue weighted by Gasteiger charge is -2.28. The highest BCUT2D eigenvalue weighted by molar-refractivity contribution is 6.16. The van der Waals surface area contributed by atoms with E-state index in [1.165, 1.54) is 44.3 Å². The van der Waals surface area contributed by atoms with E-state index in [2.05, 4.69) is 15.2 Å². The largest absolute Gasteiger partial charge is 0.415 e. The minimum atomic E-state index is -2.91. The van der Waals surface area contributed by atoms with E-state index in [-0.39, 0.29) is 29.4 Å². The van der Waals surface area contributed by atoms with E-state index in [1.54, 1.807) is 0 Å². The molecule has 3 heterocycles. The molecule has 0 aliphatic carbocycles. The van der Waals surface area contributed by atoms with Crippen LogP contribution >= 0.6 is 0 Å². The van der Waals surface area contributed by atoms with Crippen molar-refractivity contribution in [1.29, 1.82) is 0 Å². The van der Waals surface area contributed by atoms with Crippen molar-refractivity contribution in [2.75, 3.05) is 4.90 Å². The summed E-state index contributed by atoms with van der Waals surface area (Å²) in [6.07, 6.45) is -1.65. The van der Waals surface area contributed by atoms with E-state index < -0.39 is 41.4 Å². The Kier molecular flexibility index (Phi) is 5.15. The first-order valence-electron chi connectivity index (χ1n) is 9.28. The molecule has 0 atom stereocenters. The third-order valence-corrected chi connectivity index (χ3v) is 4.94. The number of urea groups is 1. The standard InChI is InChI=1S/C20H15F4N5O3/c1-20(2)18(30)28(19(31)29(20)13-5-3-4-12(21)14(13)22)9-11-7-6-10(8-25-11)16-26-27-17(32-16)15(23)24/h3-8,15H,9H2,1-2H3. The fourth-order valence-corrected chi connectivity index (χ4v) is 3.33. The van der Waals surface area contributed by atoms with Crippen LogP contribution < -0.4 is 4.90 Å². The second-order valence-corrected chi connectivity index (χ2v) is 7.43. The molecule has 0 saturated carbocycles. The Labute approximate surface area is 178 Å². The fourth-order valence-electron chi connectivity index (χ4n) is 3.33. The third-order valence-electron chi connectivity index (χ3n) is 4.94. The number of hydrogen-bond acceptors (Lipinski definition) is 6. The molecule has 0 N–H and O–H groups in total. The Morgan fingerprint density at radius 1 is 1.09 bits per heavy atom. The summed E-state index contributed by atoms with van der Waals surface area (Å²) in [6.45, 7) is 2.59. The van der Waals surface area contributed by atoms with Gasteiger partial charge in [-0.15, -0.1) is 10.2 Å². The number of aromatic nitrogens is 3. The van der Waals surface area contributed by atoms with Gasteiger partial charge in [0.05, 0.1) is 23.5 Å². The maximum Gasteiger partial charge on any atom is 0.332 e. The zero-order chi connectivity index (χ0) is 23.2. The molecule has 0 bridgehead atoms. The quantitative estimate of drug-likeness (QED) is 0.430. The number of pyridine rings is 1. The summed E-state index contributed by atoms with van der Waals surface area (Å²) in [5.41, 5.74) is -1.29. The predicted octanol–water partition coefficient (Wildman–Crippen LogP) is 4.09. The van der Waals surface area contributed by atoms with Gasteiger partial charge in [0.1, 0.15) is 5.54 Å². The van der Waals surface area contributed by atoms with Gasteiger partial charge < -0.3 is 4.42 Å². The van der Waals surface area contributed by atoms with Crippen molar-refractivity contribution in [2.45, 2.75) is 32.4 Å². The van der Waals surface area contributed by atoms with Gasteiger partial charge in [-0.2, -0.15) is 8.78 Å². The van der Waals surface area contributed by atoms with Gasteiger partial charge in [0.2, 0.25) is 5.89 Å². The molecule has 1 aliphatic rings. The highest BCUT2D eigenvalue weighted by Crippen LogP contribution is 2.36. The number of imide groups is 1. The Bertz CT molecular complexity index is 1200. The molecule has 1 aromatic carbocycles. The zero-order valence-electron chi connectivity index (χ0n) is 16.7. The molecule has 2 aromatic heterocycles. The highest BCUT2D eigenvalue weighted by Gasteiger charge is 2.52. The summed E-state index contributed by atoms with van der Waals surface area (Å²) in [7, 11) is 0. The van der Waals surface area contributed by atoms with Gasteiger partial charge in [0, 0.05) is 6.20 Å². The van der Waals surface area contributed by atoms with Gasteiger partial charge in [-0.1, -0.05) is 6.07 Å². The first-order valence-corrected chi connectivity index (χ1v) is 9.28. The first kappa shape index (κ1) is 21.4. The van der Waals surface area contributed by atoms with E-state index in [9.17, 15) is 27.2 Å². The molecule has 0 radical (unpaired) electrons. The monoisotopic (exact) mass is 449 g/mol. The third kappa shape index (κ3) is 3.47. The molecule has 4 rings (SSSR count). The minimum absolute atomic E-state index is 0.165. The lowest BCUT2D eigenvalue weighted by atomic mass is 10.0. The van der Waals surface area contributed by atoms with Crippen molar-refractivity contribution in [3.8, 4) is 11.5 Å². The summed E-state index contributed by atoms with van der Waals surface area (Å²) in [4.78, 5) is 31.7. The smallest absolute Gasteiger partial charge is 0.332 e. The summed E-state index contributed by atoms with van der Waals surface area (Å²) in [5, 5.41) is 6.74. The summed E-state index contributed by atoms with van der Waals surface area (Å²) < 4.78 is 58.1. The lowest BCUT2D eigenvalue weighted by Crippen LogP contribution is -2.44. The maximum atomic E-state index is 14.3. The Hall–Kier alpha value is -3.83. The number of carbonyl (C=O) groups excluding carboxylic acids is 2. The van der Waals surface area contributed by atoms with Gasteiger partial charge in [0.25, 0.3) is 11.8 Å². The van der Waals surface area contributed by atoms with Crippen molar-refractivity contribution >= 4 is 17.6 Å². The van der Waals surface area contributed by atoms with Crippen molar-refractivity contribution < 1.29 is 31.6 Å². The van der Waals surface area contributed by atoms with Crippen molar-refractivity contribution in [3.63, 3.8) is 0 Å². The second kappa shape index (κ2) is 7.70. The average molecular weight is 449 g/mol. The molecule has 3 aromatic rings. The van der Waals surface area contributed by atoms with Gasteiger partial charge in [-0.3, -0.25) is 19.6 Å². The number of carbonyl (C=O) groups is 2. The zero-order valence-corrected chi connectivity index (χ0v) is 16.7. The van der Waals surface area contributed by atoms with Gasteiger partial charge in [-0.25, -0.2) is 13.6 Å². The highest BCUT2D eigenvalue weighted by atomic mass is 19.3. The van der Waals surface area contributed by atoms with Crippen LogP contribution in [0.5, 0.6) is 0 Å². The van der Waals surface area contributed by atoms with Crippen molar-refractivity contribution in [1.82, 2.24) is 20.1 Å². The Balaban J connectivity index is 1.58. The van der Waals surface area contributed by atoms with E-state index in [0.29, 0.717) is 0 Å². The van der Waals surface area contributed by atoms with Crippen LogP contribution in [0.2, 0.25) is 0 Å². The average Bonchev–Trinajstić information content (AvgIpc) is 3.30. The maximum absolute atomic E-state index is 14.3. The molecule has 1 aliphatic heterocycles. The molecule has 3 amide bonds. The summed E-state index contributed by atoms with van der Waals surface area (Å²) in [6, 6.07) is 5.41. The number of anilines is 1. The van der Waals surface area contributed by atoms with Crippen LogP contribution in [-0.4, -0.2) is 37.6 Å². The number of alkyl halides is 2. The molecule has 1 fully saturated rings. The van der Waals surface area contributed by atoms with E-state index in [4.69, 9.17) is 4.42 Å². The molecule has 12 heteroatoms. The number of amides is 3. The van der Waals surface area contributed by atoms with Crippen LogP contribution in [0.4, 0.5) is 28.0 Å². The van der Waals surface area contributed by atoms with E-state index in [1.807, 2.05) is 0 Å². The molecule has 0 spiro atoms. The van der Waals surface area contributed by atoms with E-state index >= 15 is 0 Å². The molecule has 166 valence electrons. The molecular formula is C20H15F4N5O3. The van der Waals surface area contributed by atoms with Crippen molar-refractivity contribution in [2.24, 2.45) is 0 Å². The number of hydrogen-bond donors (Lipinski definition) is 0. The first-order chi connectivity index (χ1) is 15.1. The molecule has 1 saturated heterocycles. The Morgan fingerprint density at radius 3 is 2.47 bits per heavy atom. The summed E-state index contributed by atoms with van der Waals surface area (Å²) >= 11 is 0. The van der Waals surface area contributed by atoms with Crippen LogP contribution in [0.3, 0.4) is 0 Å². The van der Waals surface area contributed by atoms with Gasteiger partial charge in [-0.05, 0) is 38.1 Å². The summed E-state index contributed by atoms with van der Waals surface area (Å²) in [5.74, 6) is -4.01. The minimum Gasteiger partial charge on any atom is -0.415 e. The lowest BCUT2D eigenvalue weighted by molar-refractivity contribution is -0.130. The van der Waals surface area contributed by atoms with Crippen LogP contribution in [0.15, 0.2) is 40.9 Å². The van der Waals surface area contributed by atoms with Crippen LogP contribution in [0, 0.1) is 11.6 Å². The van der Waals surface area contributed by atoms with Crippen molar-refractivity contribution in [3.05, 3.63) is 59.7 Å². The Morgan fingerprint density at radius 2 is 1.84 bits per heavy atom. The van der Waals surface area contributed by atoms with E-state index in [0.717, 1.165) is 15.9 Å². The predicted molar refractivity (Wildman–Crippen MR) is 101 cm³/mol. The molecule has 32 heavy (non-hydrogen) atoms. The number of benzene rings is 1. The van der Waals surface area contributed by atoms with Crippen LogP contribution in [0.25, 0.3) is 11.5 Å². The number of rotatable bonds is 5. The number of halogens is 4. The second-order valence-electron chi connectivity index (χ2n) is 7.43. The molecular weight excluding hydrogens is 434 g/mol. The normalized spacial score (nSPS) is 15.8. The van der Waals surface area contributed by atoms with Crippen LogP contribution in [0.1, 0.15) is 31.9 Å². The topological polar surface area (TPSA) is 92.4 Å². The van der Waals surface area contributed by atoms with Gasteiger partial charge in [0.15, 0.2) is 11.6 Å². The number of nitrogens with zero attached hydrogens (tertiary/aromatic N) is 5. The SMILES string of the molecule is CC1(C)C(=O)N(Cc2ccc(-c3nnc(C(F)F)o3)cn2)C(=O)N1c1cccc(F)c1F.